The molecular formula is C16H18ClFN2. The molecule has 20 heavy (non-hydrogen) atoms. The number of pyridine rings is 1. The SMILES string of the molecule is CCNC(Cc1ccncc1Cl)c1cc(F)ccc1C. The minimum atomic E-state index is -0.214. The van der Waals surface area contributed by atoms with E-state index in [1.165, 1.54) is 6.07 Å². The van der Waals surface area contributed by atoms with Gasteiger partial charge in [-0.3, -0.25) is 4.98 Å². The van der Waals surface area contributed by atoms with Crippen molar-refractivity contribution in [3.63, 3.8) is 0 Å². The highest BCUT2D eigenvalue weighted by Crippen LogP contribution is 2.25. The highest BCUT2D eigenvalue weighted by atomic mass is 35.5. The van der Waals surface area contributed by atoms with E-state index in [2.05, 4.69) is 10.3 Å². The van der Waals surface area contributed by atoms with Gasteiger partial charge in [-0.2, -0.15) is 0 Å². The third-order valence-electron chi connectivity index (χ3n) is 3.35. The van der Waals surface area contributed by atoms with E-state index in [9.17, 15) is 4.39 Å². The molecule has 1 heterocycles. The van der Waals surface area contributed by atoms with Crippen LogP contribution in [0.25, 0.3) is 0 Å². The first-order valence-electron chi connectivity index (χ1n) is 6.69. The van der Waals surface area contributed by atoms with E-state index in [-0.39, 0.29) is 11.9 Å². The van der Waals surface area contributed by atoms with Gasteiger partial charge in [0.2, 0.25) is 0 Å². The summed E-state index contributed by atoms with van der Waals surface area (Å²) in [6, 6.07) is 6.83. The van der Waals surface area contributed by atoms with Gasteiger partial charge in [0, 0.05) is 18.4 Å². The average molecular weight is 293 g/mol. The van der Waals surface area contributed by atoms with Crippen molar-refractivity contribution in [2.45, 2.75) is 26.3 Å². The number of nitrogens with zero attached hydrogens (tertiary/aromatic N) is 1. The first kappa shape index (κ1) is 14.9. The fourth-order valence-corrected chi connectivity index (χ4v) is 2.51. The first-order valence-corrected chi connectivity index (χ1v) is 7.07. The topological polar surface area (TPSA) is 24.9 Å². The van der Waals surface area contributed by atoms with Gasteiger partial charge in [0.15, 0.2) is 0 Å². The first-order chi connectivity index (χ1) is 9.61. The maximum Gasteiger partial charge on any atom is 0.123 e. The Balaban J connectivity index is 2.32. The molecule has 0 spiro atoms. The summed E-state index contributed by atoms with van der Waals surface area (Å²) in [5.74, 6) is -0.214. The van der Waals surface area contributed by atoms with E-state index >= 15 is 0 Å². The van der Waals surface area contributed by atoms with Crippen molar-refractivity contribution in [2.24, 2.45) is 0 Å². The molecule has 1 aromatic carbocycles. The number of nitrogens with one attached hydrogen (secondary N) is 1. The second kappa shape index (κ2) is 6.82. The Kier molecular flexibility index (Phi) is 5.10. The summed E-state index contributed by atoms with van der Waals surface area (Å²) >= 11 is 6.16. The molecule has 0 aliphatic rings. The summed E-state index contributed by atoms with van der Waals surface area (Å²) in [6.07, 6.45) is 4.07. The highest BCUT2D eigenvalue weighted by Gasteiger charge is 2.15. The normalized spacial score (nSPS) is 12.4. The Morgan fingerprint density at radius 2 is 2.15 bits per heavy atom. The van der Waals surface area contributed by atoms with Crippen LogP contribution in [-0.2, 0) is 6.42 Å². The van der Waals surface area contributed by atoms with Crippen molar-refractivity contribution in [2.75, 3.05) is 6.54 Å². The fourth-order valence-electron chi connectivity index (χ4n) is 2.31. The number of aryl methyl sites for hydroxylation is 1. The molecule has 0 aliphatic heterocycles. The standard InChI is InChI=1S/C16H18ClFN2/c1-3-20-16(8-12-6-7-19-10-15(12)17)14-9-13(18)5-4-11(14)2/h4-7,9-10,16,20H,3,8H2,1-2H3. The van der Waals surface area contributed by atoms with E-state index in [4.69, 9.17) is 11.6 Å². The number of rotatable bonds is 5. The molecule has 0 saturated heterocycles. The molecule has 1 N–H and O–H groups in total. The quantitative estimate of drug-likeness (QED) is 0.898. The Hall–Kier alpha value is -1.45. The lowest BCUT2D eigenvalue weighted by Gasteiger charge is -2.21. The van der Waals surface area contributed by atoms with Gasteiger partial charge in [-0.05, 0) is 54.8 Å². The van der Waals surface area contributed by atoms with Gasteiger partial charge >= 0.3 is 0 Å². The van der Waals surface area contributed by atoms with Crippen LogP contribution >= 0.6 is 11.6 Å². The number of hydrogen-bond acceptors (Lipinski definition) is 2. The van der Waals surface area contributed by atoms with Crippen molar-refractivity contribution < 1.29 is 4.39 Å². The van der Waals surface area contributed by atoms with E-state index < -0.39 is 0 Å². The Morgan fingerprint density at radius 3 is 2.85 bits per heavy atom. The summed E-state index contributed by atoms with van der Waals surface area (Å²) < 4.78 is 13.5. The molecule has 106 valence electrons. The maximum absolute atomic E-state index is 13.5. The minimum Gasteiger partial charge on any atom is -0.310 e. The third kappa shape index (κ3) is 3.56. The summed E-state index contributed by atoms with van der Waals surface area (Å²) in [5.41, 5.74) is 3.05. The molecule has 0 saturated carbocycles. The number of halogens is 2. The van der Waals surface area contributed by atoms with Crippen molar-refractivity contribution in [1.82, 2.24) is 10.3 Å². The predicted octanol–water partition coefficient (Wildman–Crippen LogP) is 4.08. The van der Waals surface area contributed by atoms with Gasteiger partial charge < -0.3 is 5.32 Å². The van der Waals surface area contributed by atoms with E-state index in [1.54, 1.807) is 18.5 Å². The van der Waals surface area contributed by atoms with Crippen LogP contribution in [0.2, 0.25) is 5.02 Å². The maximum atomic E-state index is 13.5. The van der Waals surface area contributed by atoms with Gasteiger partial charge in [0.25, 0.3) is 0 Å². The second-order valence-electron chi connectivity index (χ2n) is 4.78. The van der Waals surface area contributed by atoms with Crippen molar-refractivity contribution in [3.8, 4) is 0 Å². The molecule has 1 atom stereocenters. The van der Waals surface area contributed by atoms with Crippen LogP contribution in [-0.4, -0.2) is 11.5 Å². The van der Waals surface area contributed by atoms with Crippen LogP contribution in [0.4, 0.5) is 4.39 Å². The van der Waals surface area contributed by atoms with Gasteiger partial charge in [-0.1, -0.05) is 24.6 Å². The molecular weight excluding hydrogens is 275 g/mol. The lowest BCUT2D eigenvalue weighted by molar-refractivity contribution is 0.540. The Labute approximate surface area is 124 Å². The predicted molar refractivity (Wildman–Crippen MR) is 80.5 cm³/mol. The minimum absolute atomic E-state index is 0.0376. The van der Waals surface area contributed by atoms with Gasteiger partial charge in [0.05, 0.1) is 5.02 Å². The van der Waals surface area contributed by atoms with Crippen LogP contribution in [0.1, 0.15) is 29.7 Å². The Morgan fingerprint density at radius 1 is 1.35 bits per heavy atom. The van der Waals surface area contributed by atoms with Crippen molar-refractivity contribution >= 4 is 11.6 Å². The molecule has 2 rings (SSSR count). The van der Waals surface area contributed by atoms with E-state index in [0.717, 1.165) is 23.2 Å². The summed E-state index contributed by atoms with van der Waals surface area (Å²) in [7, 11) is 0. The molecule has 4 heteroatoms. The van der Waals surface area contributed by atoms with Crippen LogP contribution in [0, 0.1) is 12.7 Å². The zero-order chi connectivity index (χ0) is 14.5. The van der Waals surface area contributed by atoms with Crippen LogP contribution < -0.4 is 5.32 Å². The molecule has 2 nitrogen and oxygen atoms in total. The third-order valence-corrected chi connectivity index (χ3v) is 3.69. The molecule has 0 fully saturated rings. The molecule has 0 radical (unpaired) electrons. The number of aromatic nitrogens is 1. The number of hydrogen-bond donors (Lipinski definition) is 1. The summed E-state index contributed by atoms with van der Waals surface area (Å²) in [6.45, 7) is 4.84. The number of likely N-dealkylation sites (N-methyl/N-ethyl adjacent to an activating group) is 1. The molecule has 0 bridgehead atoms. The summed E-state index contributed by atoms with van der Waals surface area (Å²) in [4.78, 5) is 3.99. The number of benzene rings is 1. The Bertz CT molecular complexity index is 586. The van der Waals surface area contributed by atoms with E-state index in [0.29, 0.717) is 11.4 Å². The largest absolute Gasteiger partial charge is 0.310 e. The van der Waals surface area contributed by atoms with Crippen LogP contribution in [0.15, 0.2) is 36.7 Å². The van der Waals surface area contributed by atoms with Gasteiger partial charge in [0.1, 0.15) is 5.82 Å². The van der Waals surface area contributed by atoms with E-state index in [1.807, 2.05) is 26.0 Å². The zero-order valence-corrected chi connectivity index (χ0v) is 12.4. The highest BCUT2D eigenvalue weighted by molar-refractivity contribution is 6.31. The monoisotopic (exact) mass is 292 g/mol. The molecule has 1 aromatic heterocycles. The zero-order valence-electron chi connectivity index (χ0n) is 11.7. The van der Waals surface area contributed by atoms with Crippen molar-refractivity contribution in [3.05, 3.63) is 64.2 Å². The molecule has 1 unspecified atom stereocenters. The van der Waals surface area contributed by atoms with Gasteiger partial charge in [-0.25, -0.2) is 4.39 Å². The smallest absolute Gasteiger partial charge is 0.123 e. The van der Waals surface area contributed by atoms with Crippen LogP contribution in [0.3, 0.4) is 0 Å². The molecule has 2 aromatic rings. The van der Waals surface area contributed by atoms with Crippen molar-refractivity contribution in [1.29, 1.82) is 0 Å². The average Bonchev–Trinajstić information content (AvgIpc) is 2.43. The lowest BCUT2D eigenvalue weighted by atomic mass is 9.95. The van der Waals surface area contributed by atoms with Crippen LogP contribution in [0.5, 0.6) is 0 Å². The van der Waals surface area contributed by atoms with Gasteiger partial charge in [-0.15, -0.1) is 0 Å². The fraction of sp³-hybridized carbons (Fsp3) is 0.312. The lowest BCUT2D eigenvalue weighted by Crippen LogP contribution is -2.24. The summed E-state index contributed by atoms with van der Waals surface area (Å²) in [5, 5.41) is 4.04. The molecule has 0 aliphatic carbocycles. The molecule has 0 amide bonds. The second-order valence-corrected chi connectivity index (χ2v) is 5.19.